The van der Waals surface area contributed by atoms with Crippen LogP contribution in [0.5, 0.6) is 0 Å². The fourth-order valence-electron chi connectivity index (χ4n) is 2.04. The maximum absolute atomic E-state index is 9.87. The van der Waals surface area contributed by atoms with Gasteiger partial charge in [-0.2, -0.15) is 0 Å². The zero-order chi connectivity index (χ0) is 9.68. The summed E-state index contributed by atoms with van der Waals surface area (Å²) in [6, 6.07) is 0. The molecule has 1 saturated carbocycles. The first-order valence-corrected chi connectivity index (χ1v) is 5.22. The average molecular weight is 180 g/mol. The van der Waals surface area contributed by atoms with Crippen LogP contribution in [0.4, 0.5) is 0 Å². The molecular weight excluding hydrogens is 160 g/mol. The molecule has 0 aromatic rings. The minimum atomic E-state index is -0.189. The highest BCUT2D eigenvalue weighted by Crippen LogP contribution is 2.28. The Morgan fingerprint density at radius 1 is 1.38 bits per heavy atom. The number of aliphatic hydroxyl groups excluding tert-OH is 1. The summed E-state index contributed by atoms with van der Waals surface area (Å²) in [6.07, 6.45) is 8.53. The first kappa shape index (κ1) is 10.5. The van der Waals surface area contributed by atoms with Crippen LogP contribution >= 0.6 is 0 Å². The molecule has 0 amide bonds. The van der Waals surface area contributed by atoms with Gasteiger partial charge < -0.3 is 5.11 Å². The molecule has 1 fully saturated rings. The van der Waals surface area contributed by atoms with Gasteiger partial charge in [0.15, 0.2) is 0 Å². The summed E-state index contributed by atoms with van der Waals surface area (Å²) in [6.45, 7) is 7.48. The lowest BCUT2D eigenvalue weighted by Gasteiger charge is -2.26. The molecule has 0 saturated heterocycles. The molecule has 74 valence electrons. The Labute approximate surface area is 81.2 Å². The Morgan fingerprint density at radius 2 is 2.00 bits per heavy atom. The second-order valence-electron chi connectivity index (χ2n) is 4.03. The van der Waals surface area contributed by atoms with Crippen LogP contribution in [0.3, 0.4) is 0 Å². The van der Waals surface area contributed by atoms with E-state index in [0.717, 1.165) is 5.57 Å². The summed E-state index contributed by atoms with van der Waals surface area (Å²) < 4.78 is 0. The maximum Gasteiger partial charge on any atom is 0.0608 e. The number of aliphatic hydroxyl groups is 1. The van der Waals surface area contributed by atoms with Gasteiger partial charge in [-0.1, -0.05) is 44.1 Å². The molecule has 1 atom stereocenters. The monoisotopic (exact) mass is 180 g/mol. The van der Waals surface area contributed by atoms with Gasteiger partial charge in [0.05, 0.1) is 6.10 Å². The van der Waals surface area contributed by atoms with Crippen LogP contribution in [0.1, 0.15) is 38.5 Å². The van der Waals surface area contributed by atoms with Crippen molar-refractivity contribution < 1.29 is 5.11 Å². The molecule has 0 radical (unpaired) electrons. The zero-order valence-corrected chi connectivity index (χ0v) is 8.34. The number of hydrogen-bond acceptors (Lipinski definition) is 1. The van der Waals surface area contributed by atoms with Crippen molar-refractivity contribution in [1.82, 2.24) is 0 Å². The number of rotatable bonds is 4. The van der Waals surface area contributed by atoms with Crippen LogP contribution in [-0.2, 0) is 0 Å². The predicted octanol–water partition coefficient (Wildman–Crippen LogP) is 3.06. The van der Waals surface area contributed by atoms with E-state index in [1.54, 1.807) is 6.08 Å². The molecule has 1 N–H and O–H groups in total. The molecule has 0 aromatic heterocycles. The van der Waals surface area contributed by atoms with E-state index in [-0.39, 0.29) is 6.10 Å². The summed E-state index contributed by atoms with van der Waals surface area (Å²) in [5.41, 5.74) is 0.957. The first-order chi connectivity index (χ1) is 6.24. The van der Waals surface area contributed by atoms with Crippen molar-refractivity contribution in [3.8, 4) is 0 Å². The van der Waals surface area contributed by atoms with Crippen molar-refractivity contribution in [3.63, 3.8) is 0 Å². The van der Waals surface area contributed by atoms with Crippen molar-refractivity contribution in [2.45, 2.75) is 44.6 Å². The third-order valence-corrected chi connectivity index (χ3v) is 2.95. The van der Waals surface area contributed by atoms with Crippen LogP contribution in [0.15, 0.2) is 24.8 Å². The fraction of sp³-hybridized carbons (Fsp3) is 0.667. The molecule has 1 heteroatoms. The van der Waals surface area contributed by atoms with E-state index >= 15 is 0 Å². The third kappa shape index (κ3) is 3.35. The smallest absolute Gasteiger partial charge is 0.0608 e. The lowest BCUT2D eigenvalue weighted by atomic mass is 9.83. The molecule has 0 aromatic carbocycles. The minimum absolute atomic E-state index is 0.189. The standard InChI is InChI=1S/C12H20O/c1-3-10(2)9-12(13)11-7-5-4-6-8-11/h3,11-13H,1-2,4-9H2. The third-order valence-electron chi connectivity index (χ3n) is 2.95. The van der Waals surface area contributed by atoms with E-state index in [0.29, 0.717) is 12.3 Å². The van der Waals surface area contributed by atoms with Gasteiger partial charge in [-0.15, -0.1) is 0 Å². The van der Waals surface area contributed by atoms with Gasteiger partial charge in [0, 0.05) is 0 Å². The van der Waals surface area contributed by atoms with Crippen LogP contribution < -0.4 is 0 Å². The lowest BCUT2D eigenvalue weighted by molar-refractivity contribution is 0.0858. The Hall–Kier alpha value is -0.560. The molecule has 0 aliphatic heterocycles. The molecule has 1 unspecified atom stereocenters. The van der Waals surface area contributed by atoms with E-state index in [1.165, 1.54) is 32.1 Å². The second kappa shape index (κ2) is 5.23. The van der Waals surface area contributed by atoms with E-state index < -0.39 is 0 Å². The summed E-state index contributed by atoms with van der Waals surface area (Å²) in [5.74, 6) is 0.505. The normalized spacial score (nSPS) is 21.0. The minimum Gasteiger partial charge on any atom is -0.392 e. The first-order valence-electron chi connectivity index (χ1n) is 5.22. The summed E-state index contributed by atoms with van der Waals surface area (Å²) in [4.78, 5) is 0. The van der Waals surface area contributed by atoms with Crippen LogP contribution in [0, 0.1) is 5.92 Å². The SMILES string of the molecule is C=CC(=C)CC(O)C1CCCCC1. The van der Waals surface area contributed by atoms with Gasteiger partial charge in [0.2, 0.25) is 0 Å². The lowest BCUT2D eigenvalue weighted by Crippen LogP contribution is -2.22. The van der Waals surface area contributed by atoms with Crippen molar-refractivity contribution >= 4 is 0 Å². The second-order valence-corrected chi connectivity index (χ2v) is 4.03. The molecule has 1 aliphatic carbocycles. The van der Waals surface area contributed by atoms with Gasteiger partial charge in [-0.25, -0.2) is 0 Å². The molecule has 0 spiro atoms. The summed E-state index contributed by atoms with van der Waals surface area (Å²) >= 11 is 0. The molecule has 13 heavy (non-hydrogen) atoms. The molecule has 1 aliphatic rings. The largest absolute Gasteiger partial charge is 0.392 e. The molecule has 1 nitrogen and oxygen atoms in total. The van der Waals surface area contributed by atoms with E-state index in [2.05, 4.69) is 13.2 Å². The van der Waals surface area contributed by atoms with E-state index in [4.69, 9.17) is 0 Å². The Morgan fingerprint density at radius 3 is 2.54 bits per heavy atom. The predicted molar refractivity (Wildman–Crippen MR) is 56.5 cm³/mol. The van der Waals surface area contributed by atoms with Crippen molar-refractivity contribution in [2.75, 3.05) is 0 Å². The van der Waals surface area contributed by atoms with Crippen molar-refractivity contribution in [3.05, 3.63) is 24.8 Å². The molecular formula is C12H20O. The summed E-state index contributed by atoms with van der Waals surface area (Å²) in [5, 5.41) is 9.87. The topological polar surface area (TPSA) is 20.2 Å². The molecule has 1 rings (SSSR count). The number of hydrogen-bond donors (Lipinski definition) is 1. The van der Waals surface area contributed by atoms with Gasteiger partial charge in [0.1, 0.15) is 0 Å². The highest BCUT2D eigenvalue weighted by Gasteiger charge is 2.21. The molecule has 0 heterocycles. The maximum atomic E-state index is 9.87. The van der Waals surface area contributed by atoms with Crippen LogP contribution in [-0.4, -0.2) is 11.2 Å². The van der Waals surface area contributed by atoms with Crippen molar-refractivity contribution in [2.24, 2.45) is 5.92 Å². The van der Waals surface area contributed by atoms with Gasteiger partial charge >= 0.3 is 0 Å². The Kier molecular flexibility index (Phi) is 4.23. The van der Waals surface area contributed by atoms with Gasteiger partial charge in [-0.05, 0) is 25.2 Å². The fourth-order valence-corrected chi connectivity index (χ4v) is 2.04. The average Bonchev–Trinajstić information content (AvgIpc) is 2.19. The molecule has 0 bridgehead atoms. The highest BCUT2D eigenvalue weighted by molar-refractivity contribution is 5.12. The van der Waals surface area contributed by atoms with Crippen molar-refractivity contribution in [1.29, 1.82) is 0 Å². The highest BCUT2D eigenvalue weighted by atomic mass is 16.3. The Bertz CT molecular complexity index is 178. The van der Waals surface area contributed by atoms with Crippen LogP contribution in [0.25, 0.3) is 0 Å². The number of allylic oxidation sites excluding steroid dienone is 1. The van der Waals surface area contributed by atoms with E-state index in [1.807, 2.05) is 0 Å². The zero-order valence-electron chi connectivity index (χ0n) is 8.34. The van der Waals surface area contributed by atoms with Gasteiger partial charge in [-0.3, -0.25) is 0 Å². The van der Waals surface area contributed by atoms with E-state index in [9.17, 15) is 5.11 Å². The summed E-state index contributed by atoms with van der Waals surface area (Å²) in [7, 11) is 0. The quantitative estimate of drug-likeness (QED) is 0.659. The van der Waals surface area contributed by atoms with Gasteiger partial charge in [0.25, 0.3) is 0 Å². The van der Waals surface area contributed by atoms with Crippen LogP contribution in [0.2, 0.25) is 0 Å². The Balaban J connectivity index is 2.32.